The van der Waals surface area contributed by atoms with E-state index >= 15 is 0 Å². The summed E-state index contributed by atoms with van der Waals surface area (Å²) in [5, 5.41) is 35.1. The first-order valence-corrected chi connectivity index (χ1v) is 21.2. The van der Waals surface area contributed by atoms with Crippen LogP contribution in [0.3, 0.4) is 0 Å². The second kappa shape index (κ2) is 21.5. The minimum Gasteiger partial charge on any atom is -0.494 e. The van der Waals surface area contributed by atoms with Gasteiger partial charge in [-0.05, 0) is 104 Å². The van der Waals surface area contributed by atoms with Crippen LogP contribution in [0.4, 0.5) is 11.4 Å². The Balaban J connectivity index is 1.37. The van der Waals surface area contributed by atoms with Crippen molar-refractivity contribution < 1.29 is 53.2 Å². The van der Waals surface area contributed by atoms with E-state index in [2.05, 4.69) is 16.7 Å². The molecular weight excluding hydrogens is 807 g/mol. The van der Waals surface area contributed by atoms with Gasteiger partial charge in [-0.25, -0.2) is 9.59 Å². The van der Waals surface area contributed by atoms with E-state index in [1.54, 1.807) is 101 Å². The van der Waals surface area contributed by atoms with E-state index in [0.29, 0.717) is 47.8 Å². The second-order valence-electron chi connectivity index (χ2n) is 17.6. The van der Waals surface area contributed by atoms with Gasteiger partial charge >= 0.3 is 23.9 Å². The Kier molecular flexibility index (Phi) is 16.8. The highest BCUT2D eigenvalue weighted by Gasteiger charge is 2.65. The van der Waals surface area contributed by atoms with Crippen molar-refractivity contribution >= 4 is 53.0 Å². The average molecular weight is 866 g/mol. The molecule has 1 fully saturated rings. The summed E-state index contributed by atoms with van der Waals surface area (Å²) in [7, 11) is 0. The maximum absolute atomic E-state index is 13.7. The molecule has 3 aromatic carbocycles. The third-order valence-corrected chi connectivity index (χ3v) is 12.2. The monoisotopic (exact) mass is 865 g/mol. The second-order valence-corrected chi connectivity index (χ2v) is 17.6. The Morgan fingerprint density at radius 1 is 0.778 bits per heavy atom. The van der Waals surface area contributed by atoms with Crippen molar-refractivity contribution in [2.45, 2.75) is 86.6 Å². The summed E-state index contributed by atoms with van der Waals surface area (Å²) in [6, 6.07) is 20.3. The number of carboxylic acids is 2. The third kappa shape index (κ3) is 12.8. The van der Waals surface area contributed by atoms with Crippen molar-refractivity contribution in [1.29, 1.82) is 5.26 Å². The Hall–Kier alpha value is -6.49. The van der Waals surface area contributed by atoms with Gasteiger partial charge in [0.1, 0.15) is 17.3 Å². The maximum atomic E-state index is 13.7. The molecule has 63 heavy (non-hydrogen) atoms. The lowest BCUT2D eigenvalue weighted by Gasteiger charge is -2.48. The largest absolute Gasteiger partial charge is 0.494 e. The van der Waals surface area contributed by atoms with Crippen LogP contribution >= 0.6 is 0 Å². The molecule has 1 amide bonds. The number of esters is 2. The Bertz CT molecular complexity index is 2180. The number of carbonyl (C=O) groups excluding carboxylic acids is 4. The van der Waals surface area contributed by atoms with Gasteiger partial charge in [0.25, 0.3) is 0 Å². The van der Waals surface area contributed by atoms with Gasteiger partial charge < -0.3 is 35.1 Å². The topological polar surface area (TPSA) is 218 Å². The number of carbonyl (C=O) groups is 6. The molecule has 0 bridgehead atoms. The normalized spacial score (nSPS) is 17.3. The first-order valence-electron chi connectivity index (χ1n) is 21.2. The number of hydrogen-bond acceptors (Lipinski definition) is 11. The number of unbranched alkanes of at least 4 members (excludes halogenated alkanes) is 2. The molecule has 2 atom stereocenters. The molecule has 0 aliphatic heterocycles. The van der Waals surface area contributed by atoms with Crippen molar-refractivity contribution in [3.63, 3.8) is 0 Å². The number of anilines is 2. The highest BCUT2D eigenvalue weighted by molar-refractivity contribution is 6.05. The van der Waals surface area contributed by atoms with Gasteiger partial charge in [-0.15, -0.1) is 0 Å². The minimum atomic E-state index is -1.50. The third-order valence-electron chi connectivity index (χ3n) is 12.2. The summed E-state index contributed by atoms with van der Waals surface area (Å²) in [5.74, 6) is -10.2. The number of aliphatic carboxylic acids is 2. The first-order chi connectivity index (χ1) is 29.7. The van der Waals surface area contributed by atoms with Gasteiger partial charge in [-0.2, -0.15) is 5.26 Å². The van der Waals surface area contributed by atoms with Crippen LogP contribution in [0, 0.1) is 52.3 Å². The number of nitriles is 1. The van der Waals surface area contributed by atoms with Gasteiger partial charge in [0.2, 0.25) is 5.91 Å². The molecule has 1 saturated carbocycles. The molecule has 4 rings (SSSR count). The number of nitrogens with zero attached hydrogens (tertiary/aromatic N) is 1. The van der Waals surface area contributed by atoms with Crippen LogP contribution in [0.25, 0.3) is 6.08 Å². The fraction of sp³-hybridized carbons (Fsp3) is 0.449. The molecule has 336 valence electrons. The molecule has 0 heterocycles. The Morgan fingerprint density at radius 3 is 1.97 bits per heavy atom. The number of benzene rings is 3. The van der Waals surface area contributed by atoms with Crippen LogP contribution in [0.5, 0.6) is 11.5 Å². The fourth-order valence-corrected chi connectivity index (χ4v) is 6.90. The molecule has 0 aromatic heterocycles. The van der Waals surface area contributed by atoms with Crippen molar-refractivity contribution in [3.8, 4) is 17.6 Å². The highest BCUT2D eigenvalue weighted by Crippen LogP contribution is 2.51. The summed E-state index contributed by atoms with van der Waals surface area (Å²) < 4.78 is 16.6. The van der Waals surface area contributed by atoms with Gasteiger partial charge in [-0.1, -0.05) is 59.7 Å². The van der Waals surface area contributed by atoms with Crippen LogP contribution in [-0.2, 0) is 35.1 Å². The molecule has 0 radical (unpaired) electrons. The van der Waals surface area contributed by atoms with E-state index in [4.69, 9.17) is 19.5 Å². The Labute approximate surface area is 369 Å². The van der Waals surface area contributed by atoms with Crippen LogP contribution in [-0.4, -0.2) is 64.5 Å². The van der Waals surface area contributed by atoms with Gasteiger partial charge in [-0.3, -0.25) is 19.2 Å². The van der Waals surface area contributed by atoms with Crippen LogP contribution in [0.2, 0.25) is 0 Å². The molecule has 14 nitrogen and oxygen atoms in total. The quantitative estimate of drug-likeness (QED) is 0.0323. The number of Topliss-reactive ketones (excluding diaryl/α,β-unsaturated/α-hetero) is 1. The number of nitrogens with one attached hydrogen (secondary N) is 2. The molecule has 0 spiro atoms. The number of ketones is 1. The molecular formula is C49H59N3O11. The van der Waals surface area contributed by atoms with E-state index in [1.807, 2.05) is 27.7 Å². The van der Waals surface area contributed by atoms with E-state index in [-0.39, 0.29) is 24.1 Å². The summed E-state index contributed by atoms with van der Waals surface area (Å²) in [4.78, 5) is 77.5. The zero-order valence-corrected chi connectivity index (χ0v) is 37.2. The Morgan fingerprint density at radius 2 is 1.40 bits per heavy atom. The lowest BCUT2D eigenvalue weighted by Crippen LogP contribution is -2.63. The zero-order valence-electron chi connectivity index (χ0n) is 37.2. The van der Waals surface area contributed by atoms with Gasteiger partial charge in [0.15, 0.2) is 0 Å². The van der Waals surface area contributed by atoms with Crippen molar-refractivity contribution in [2.75, 3.05) is 23.8 Å². The lowest BCUT2D eigenvalue weighted by molar-refractivity contribution is -0.182. The summed E-state index contributed by atoms with van der Waals surface area (Å²) in [6.45, 7) is 15.5. The molecule has 14 heteroatoms. The van der Waals surface area contributed by atoms with E-state index in [0.717, 1.165) is 18.4 Å². The molecule has 4 N–H and O–H groups in total. The van der Waals surface area contributed by atoms with Crippen molar-refractivity contribution in [3.05, 3.63) is 89.5 Å². The highest BCUT2D eigenvalue weighted by atomic mass is 16.5. The number of hydrogen-bond donors (Lipinski definition) is 4. The number of amides is 1. The minimum absolute atomic E-state index is 0.0147. The van der Waals surface area contributed by atoms with Crippen molar-refractivity contribution in [1.82, 2.24) is 0 Å². The molecule has 1 aliphatic rings. The predicted octanol–water partition coefficient (Wildman–Crippen LogP) is 8.46. The molecule has 0 saturated heterocycles. The smallest absolute Gasteiger partial charge is 0.343 e. The van der Waals surface area contributed by atoms with Crippen molar-refractivity contribution in [2.24, 2.45) is 40.9 Å². The van der Waals surface area contributed by atoms with E-state index in [1.165, 1.54) is 6.08 Å². The summed E-state index contributed by atoms with van der Waals surface area (Å²) in [5.41, 5.74) is 1.24. The predicted molar refractivity (Wildman–Crippen MR) is 237 cm³/mol. The lowest BCUT2D eigenvalue weighted by atomic mass is 9.51. The molecule has 2 unspecified atom stereocenters. The van der Waals surface area contributed by atoms with Gasteiger partial charge in [0.05, 0.1) is 42.6 Å². The summed E-state index contributed by atoms with van der Waals surface area (Å²) in [6.07, 6.45) is 5.14. The summed E-state index contributed by atoms with van der Waals surface area (Å²) >= 11 is 0. The van der Waals surface area contributed by atoms with Crippen LogP contribution < -0.4 is 20.1 Å². The zero-order chi connectivity index (χ0) is 46.6. The molecule has 1 aliphatic carbocycles. The van der Waals surface area contributed by atoms with Gasteiger partial charge in [0, 0.05) is 47.2 Å². The number of carboxylic acid groups (broad SMARTS) is 2. The van der Waals surface area contributed by atoms with Crippen LogP contribution in [0.1, 0.15) is 96.1 Å². The van der Waals surface area contributed by atoms with E-state index in [9.17, 15) is 39.0 Å². The number of ether oxygens (including phenoxy) is 3. The van der Waals surface area contributed by atoms with E-state index < -0.39 is 70.2 Å². The SMILES string of the molecule is CC(C)C(C)(C)Nc1cc(NC(=O)C2C(C(=O)O)C(C(=O)C(C)(C)C(C)C)C2C(=O)O)ccc1CCOC(=O)C=Cc1ccc(OC(=O)c2ccc(OCCCCC#N)cc2)cc1. The number of rotatable bonds is 22. The fourth-order valence-electron chi connectivity index (χ4n) is 6.90. The first kappa shape index (κ1) is 49.2. The van der Waals surface area contributed by atoms with Crippen LogP contribution in [0.15, 0.2) is 72.8 Å². The standard InChI is InChI=1S/C49H59N3O11/c1-29(2)48(5,6)43(54)39-41(45(56)57)40(42(39)46(58)59)44(55)51-34-18-15-32(37(28-34)52-49(7,8)30(3)4)24-27-62-38(53)23-14-31-12-19-36(20-13-31)63-47(60)33-16-21-35(22-17-33)61-26-11-9-10-25-50/h12-23,28-30,39-42,52H,9-11,24,26-27H2,1-8H3,(H,51,55)(H,56,57)(H,58,59). The average Bonchev–Trinajstić information content (AvgIpc) is 3.20. The molecule has 3 aromatic rings. The maximum Gasteiger partial charge on any atom is 0.343 e.